The van der Waals surface area contributed by atoms with Crippen molar-refractivity contribution >= 4 is 6.29 Å². The summed E-state index contributed by atoms with van der Waals surface area (Å²) >= 11 is 0. The van der Waals surface area contributed by atoms with Gasteiger partial charge in [0, 0.05) is 5.41 Å². The van der Waals surface area contributed by atoms with Gasteiger partial charge in [-0.25, -0.2) is 0 Å². The van der Waals surface area contributed by atoms with Crippen LogP contribution in [0.3, 0.4) is 0 Å². The monoisotopic (exact) mass is 456 g/mol. The molecule has 33 heavy (non-hydrogen) atoms. The van der Waals surface area contributed by atoms with E-state index in [4.69, 9.17) is 0 Å². The molecule has 0 amide bonds. The second-order valence-corrected chi connectivity index (χ2v) is 15.1. The van der Waals surface area contributed by atoms with Crippen LogP contribution >= 0.6 is 0 Å². The Hall–Kier alpha value is -0.670. The Bertz CT molecular complexity index is 859. The van der Waals surface area contributed by atoms with Crippen LogP contribution in [-0.2, 0) is 4.79 Å². The summed E-state index contributed by atoms with van der Waals surface area (Å²) in [5.74, 6) is 1.30. The number of rotatable bonds is 1. The number of aldehydes is 1. The van der Waals surface area contributed by atoms with Crippen LogP contribution in [0.2, 0.25) is 0 Å². The summed E-state index contributed by atoms with van der Waals surface area (Å²) in [6.45, 7) is 16.6. The molecular formula is C30H48O3. The van der Waals surface area contributed by atoms with Crippen LogP contribution in [0.1, 0.15) is 99.8 Å². The van der Waals surface area contributed by atoms with Gasteiger partial charge in [0.15, 0.2) is 0 Å². The van der Waals surface area contributed by atoms with Gasteiger partial charge in [-0.3, -0.25) is 0 Å². The second-order valence-electron chi connectivity index (χ2n) is 15.1. The lowest BCUT2D eigenvalue weighted by atomic mass is 9.31. The van der Waals surface area contributed by atoms with Gasteiger partial charge in [-0.05, 0) is 102 Å². The smallest absolute Gasteiger partial charge is 0.126 e. The van der Waals surface area contributed by atoms with E-state index >= 15 is 0 Å². The van der Waals surface area contributed by atoms with Gasteiger partial charge in [0.1, 0.15) is 6.29 Å². The van der Waals surface area contributed by atoms with E-state index in [1.54, 1.807) is 0 Å². The number of allylic oxidation sites excluding steroid dienone is 1. The normalized spacial score (nSPS) is 56.6. The zero-order valence-electron chi connectivity index (χ0n) is 22.2. The van der Waals surface area contributed by atoms with Gasteiger partial charge in [0.25, 0.3) is 0 Å². The summed E-state index contributed by atoms with van der Waals surface area (Å²) in [6.07, 6.45) is 13.2. The largest absolute Gasteiger partial charge is 0.393 e. The third-order valence-corrected chi connectivity index (χ3v) is 13.0. The summed E-state index contributed by atoms with van der Waals surface area (Å²) in [7, 11) is 0. The van der Waals surface area contributed by atoms with Gasteiger partial charge in [-0.1, -0.05) is 60.6 Å². The van der Waals surface area contributed by atoms with Gasteiger partial charge in [0.05, 0.1) is 12.2 Å². The average molecular weight is 457 g/mol. The van der Waals surface area contributed by atoms with Crippen LogP contribution in [0, 0.1) is 56.2 Å². The fourth-order valence-electron chi connectivity index (χ4n) is 10.7. The first-order chi connectivity index (χ1) is 15.2. The minimum atomic E-state index is -0.399. The van der Waals surface area contributed by atoms with E-state index in [2.05, 4.69) is 54.5 Å². The Labute approximate surface area is 201 Å². The van der Waals surface area contributed by atoms with Crippen LogP contribution < -0.4 is 0 Å². The molecule has 0 radical (unpaired) electrons. The summed E-state index contributed by atoms with van der Waals surface area (Å²) in [6, 6.07) is 0. The van der Waals surface area contributed by atoms with Gasteiger partial charge in [0.2, 0.25) is 0 Å². The number of hydrogen-bond donors (Lipinski definition) is 2. The number of aliphatic hydroxyl groups is 2. The molecule has 3 nitrogen and oxygen atoms in total. The first-order valence-electron chi connectivity index (χ1n) is 13.7. The van der Waals surface area contributed by atoms with Gasteiger partial charge >= 0.3 is 0 Å². The van der Waals surface area contributed by atoms with E-state index < -0.39 is 6.10 Å². The van der Waals surface area contributed by atoms with Crippen LogP contribution in [0.5, 0.6) is 0 Å². The molecule has 10 atom stereocenters. The van der Waals surface area contributed by atoms with Crippen molar-refractivity contribution in [3.63, 3.8) is 0 Å². The zero-order chi connectivity index (χ0) is 24.2. The lowest BCUT2D eigenvalue weighted by Gasteiger charge is -2.73. The number of hydrogen-bond acceptors (Lipinski definition) is 3. The fourth-order valence-corrected chi connectivity index (χ4v) is 10.7. The number of carbonyl (C=O) groups is 1. The molecule has 0 saturated heterocycles. The summed E-state index contributed by atoms with van der Waals surface area (Å²) in [5.41, 5.74) is -0.00996. The van der Waals surface area contributed by atoms with Crippen molar-refractivity contribution in [2.75, 3.05) is 0 Å². The molecule has 0 heterocycles. The van der Waals surface area contributed by atoms with Crippen molar-refractivity contribution in [2.45, 2.75) is 112 Å². The summed E-state index contributed by atoms with van der Waals surface area (Å²) in [4.78, 5) is 12.6. The van der Waals surface area contributed by atoms with E-state index in [1.165, 1.54) is 6.29 Å². The molecule has 3 heteroatoms. The quantitative estimate of drug-likeness (QED) is 0.366. The molecule has 4 saturated carbocycles. The molecule has 0 spiro atoms. The summed E-state index contributed by atoms with van der Waals surface area (Å²) < 4.78 is 0. The molecule has 5 aliphatic carbocycles. The van der Waals surface area contributed by atoms with Crippen LogP contribution in [0.4, 0.5) is 0 Å². The molecule has 0 aromatic carbocycles. The Morgan fingerprint density at radius 2 is 1.52 bits per heavy atom. The van der Waals surface area contributed by atoms with Crippen molar-refractivity contribution in [3.8, 4) is 0 Å². The van der Waals surface area contributed by atoms with Crippen molar-refractivity contribution in [1.82, 2.24) is 0 Å². The van der Waals surface area contributed by atoms with E-state index in [0.717, 1.165) is 51.4 Å². The SMILES string of the molecule is CC1(C)CC[C@]2(C=O)CC[C@]3(C)[C@H]([C@H](O)C[C@@H]4[C@@]5(C)C=C[C@H](O)C(C)(C)[C@@H]5CC[C@]43C)[C@@H]2C1. The maximum absolute atomic E-state index is 12.6. The van der Waals surface area contributed by atoms with Crippen molar-refractivity contribution in [1.29, 1.82) is 0 Å². The number of aliphatic hydroxyl groups excluding tert-OH is 2. The predicted octanol–water partition coefficient (Wildman–Crippen LogP) is 6.17. The Morgan fingerprint density at radius 1 is 0.848 bits per heavy atom. The molecular weight excluding hydrogens is 408 g/mol. The van der Waals surface area contributed by atoms with Crippen molar-refractivity contribution in [3.05, 3.63) is 12.2 Å². The van der Waals surface area contributed by atoms with E-state index in [0.29, 0.717) is 11.8 Å². The van der Waals surface area contributed by atoms with Crippen molar-refractivity contribution < 1.29 is 15.0 Å². The van der Waals surface area contributed by atoms with Gasteiger partial charge in [-0.2, -0.15) is 0 Å². The van der Waals surface area contributed by atoms with Crippen molar-refractivity contribution in [2.24, 2.45) is 56.2 Å². The van der Waals surface area contributed by atoms with Crippen LogP contribution in [0.15, 0.2) is 12.2 Å². The molecule has 186 valence electrons. The molecule has 4 fully saturated rings. The average Bonchev–Trinajstić information content (AvgIpc) is 2.72. The lowest BCUT2D eigenvalue weighted by Crippen LogP contribution is -2.69. The Balaban J connectivity index is 1.60. The first kappa shape index (κ1) is 24.0. The molecule has 0 aromatic rings. The van der Waals surface area contributed by atoms with Gasteiger partial charge < -0.3 is 15.0 Å². The standard InChI is InChI=1S/C30H48O3/c1-25(2)12-14-30(18-31)15-13-29(7)24(19(30)17-25)20(32)16-22-27(5)10-9-23(33)26(3,4)21(27)8-11-28(22,29)6/h9-10,18-24,32-33H,8,11-17H2,1-7H3/t19-,20+,21-,22+,23-,24-,27-,28+,29+,30+/m0/s1. The third-order valence-electron chi connectivity index (χ3n) is 13.0. The predicted molar refractivity (Wildman–Crippen MR) is 132 cm³/mol. The minimum Gasteiger partial charge on any atom is -0.393 e. The molecule has 2 N–H and O–H groups in total. The molecule has 0 aromatic heterocycles. The van der Waals surface area contributed by atoms with Crippen LogP contribution in [0.25, 0.3) is 0 Å². The number of carbonyl (C=O) groups excluding carboxylic acids is 1. The topological polar surface area (TPSA) is 57.5 Å². The van der Waals surface area contributed by atoms with Gasteiger partial charge in [-0.15, -0.1) is 0 Å². The highest BCUT2D eigenvalue weighted by molar-refractivity contribution is 5.61. The summed E-state index contributed by atoms with van der Waals surface area (Å²) in [5, 5.41) is 22.7. The Morgan fingerprint density at radius 3 is 2.18 bits per heavy atom. The molecule has 5 aliphatic rings. The Kier molecular flexibility index (Phi) is 5.07. The minimum absolute atomic E-state index is 0.0181. The van der Waals surface area contributed by atoms with E-state index in [-0.39, 0.29) is 50.4 Å². The highest BCUT2D eigenvalue weighted by atomic mass is 16.3. The molecule has 0 bridgehead atoms. The van der Waals surface area contributed by atoms with E-state index in [1.807, 2.05) is 6.08 Å². The maximum Gasteiger partial charge on any atom is 0.126 e. The number of fused-ring (bicyclic) bond motifs is 7. The fraction of sp³-hybridized carbons (Fsp3) is 0.900. The molecule has 5 rings (SSSR count). The second kappa shape index (κ2) is 6.96. The zero-order valence-corrected chi connectivity index (χ0v) is 22.2. The van der Waals surface area contributed by atoms with E-state index in [9.17, 15) is 15.0 Å². The maximum atomic E-state index is 12.6. The first-order valence-corrected chi connectivity index (χ1v) is 13.7. The third kappa shape index (κ3) is 2.90. The molecule has 0 aliphatic heterocycles. The highest BCUT2D eigenvalue weighted by Gasteiger charge is 2.71. The lowest BCUT2D eigenvalue weighted by molar-refractivity contribution is -0.259. The highest BCUT2D eigenvalue weighted by Crippen LogP contribution is 2.76. The molecule has 0 unspecified atom stereocenters. The van der Waals surface area contributed by atoms with Crippen LogP contribution in [-0.4, -0.2) is 28.7 Å².